The van der Waals surface area contributed by atoms with Gasteiger partial charge in [-0.15, -0.1) is 12.4 Å². The predicted octanol–water partition coefficient (Wildman–Crippen LogP) is 1.26. The zero-order chi connectivity index (χ0) is 11.4. The molecule has 0 saturated heterocycles. The molecule has 0 aromatic rings. The minimum Gasteiger partial charge on any atom is -0.364 e. The maximum Gasteiger partial charge on any atom is 0.266 e. The summed E-state index contributed by atoms with van der Waals surface area (Å²) in [6.45, 7) is 1.71. The van der Waals surface area contributed by atoms with E-state index in [-0.39, 0.29) is 12.4 Å². The first-order valence-corrected chi connectivity index (χ1v) is 6.00. The Bertz CT molecular complexity index is 320. The van der Waals surface area contributed by atoms with E-state index in [0.29, 0.717) is 18.2 Å². The van der Waals surface area contributed by atoms with Crippen LogP contribution in [0.5, 0.6) is 0 Å². The van der Waals surface area contributed by atoms with Crippen molar-refractivity contribution in [3.05, 3.63) is 11.8 Å². The second-order valence-electron chi connectivity index (χ2n) is 4.67. The SMILES string of the molecule is Cl.NC(=O)C1=CCNCC2CCC(C=N1)CC2. The lowest BCUT2D eigenvalue weighted by Crippen LogP contribution is -2.26. The van der Waals surface area contributed by atoms with E-state index in [0.717, 1.165) is 12.5 Å². The number of nitrogens with one attached hydrogen (secondary N) is 1. The molecule has 4 nitrogen and oxygen atoms in total. The number of hydrogen-bond acceptors (Lipinski definition) is 3. The zero-order valence-corrected chi connectivity index (χ0v) is 10.7. The fourth-order valence-corrected chi connectivity index (χ4v) is 2.40. The number of nitrogens with zero attached hydrogens (tertiary/aromatic N) is 1. The molecule has 1 amide bonds. The number of rotatable bonds is 1. The smallest absolute Gasteiger partial charge is 0.266 e. The molecular formula is C12H20ClN3O. The van der Waals surface area contributed by atoms with Crippen LogP contribution in [0, 0.1) is 11.8 Å². The summed E-state index contributed by atoms with van der Waals surface area (Å²) >= 11 is 0. The van der Waals surface area contributed by atoms with Gasteiger partial charge in [-0.3, -0.25) is 9.79 Å². The summed E-state index contributed by atoms with van der Waals surface area (Å²) in [7, 11) is 0. The average molecular weight is 258 g/mol. The van der Waals surface area contributed by atoms with Crippen molar-refractivity contribution >= 4 is 24.5 Å². The van der Waals surface area contributed by atoms with Gasteiger partial charge < -0.3 is 11.1 Å². The fraction of sp³-hybridized carbons (Fsp3) is 0.667. The van der Waals surface area contributed by atoms with E-state index >= 15 is 0 Å². The van der Waals surface area contributed by atoms with Gasteiger partial charge in [-0.2, -0.15) is 0 Å². The van der Waals surface area contributed by atoms with E-state index in [4.69, 9.17) is 5.73 Å². The lowest BCUT2D eigenvalue weighted by atomic mass is 9.82. The lowest BCUT2D eigenvalue weighted by molar-refractivity contribution is -0.114. The van der Waals surface area contributed by atoms with Crippen LogP contribution in [0.25, 0.3) is 0 Å². The van der Waals surface area contributed by atoms with Crippen LogP contribution in [-0.4, -0.2) is 25.2 Å². The normalized spacial score (nSPS) is 28.8. The van der Waals surface area contributed by atoms with Crippen LogP contribution < -0.4 is 11.1 Å². The van der Waals surface area contributed by atoms with Crippen molar-refractivity contribution in [2.24, 2.45) is 22.6 Å². The first-order chi connectivity index (χ1) is 7.75. The minimum atomic E-state index is -0.438. The summed E-state index contributed by atoms with van der Waals surface area (Å²) in [4.78, 5) is 15.3. The number of amides is 1. The Morgan fingerprint density at radius 2 is 2.06 bits per heavy atom. The van der Waals surface area contributed by atoms with E-state index in [1.165, 1.54) is 25.7 Å². The number of hydrogen-bond donors (Lipinski definition) is 2. The molecule has 2 bridgehead atoms. The zero-order valence-electron chi connectivity index (χ0n) is 9.89. The first kappa shape index (κ1) is 14.2. The third-order valence-corrected chi connectivity index (χ3v) is 3.44. The Labute approximate surface area is 108 Å². The van der Waals surface area contributed by atoms with Gasteiger partial charge >= 0.3 is 0 Å². The molecule has 2 aliphatic heterocycles. The summed E-state index contributed by atoms with van der Waals surface area (Å²) in [5, 5.41) is 3.34. The lowest BCUT2D eigenvalue weighted by Gasteiger charge is -2.25. The number of halogens is 1. The number of carbonyl (C=O) groups excluding carboxylic acids is 1. The van der Waals surface area contributed by atoms with Crippen molar-refractivity contribution in [2.75, 3.05) is 13.1 Å². The van der Waals surface area contributed by atoms with Crippen molar-refractivity contribution in [1.29, 1.82) is 0 Å². The van der Waals surface area contributed by atoms with E-state index in [1.54, 1.807) is 6.08 Å². The van der Waals surface area contributed by atoms with Crippen molar-refractivity contribution in [1.82, 2.24) is 5.32 Å². The maximum absolute atomic E-state index is 11.1. The van der Waals surface area contributed by atoms with Crippen LogP contribution in [0.4, 0.5) is 0 Å². The van der Waals surface area contributed by atoms with Crippen LogP contribution in [0.15, 0.2) is 16.8 Å². The molecule has 17 heavy (non-hydrogen) atoms. The minimum absolute atomic E-state index is 0. The second kappa shape index (κ2) is 6.77. The molecule has 5 heteroatoms. The number of primary amides is 1. The molecule has 3 N–H and O–H groups in total. The third-order valence-electron chi connectivity index (χ3n) is 3.44. The van der Waals surface area contributed by atoms with Gasteiger partial charge in [-0.05, 0) is 50.1 Å². The number of carbonyl (C=O) groups is 1. The number of nitrogens with two attached hydrogens (primary N) is 1. The van der Waals surface area contributed by atoms with Gasteiger partial charge in [0.05, 0.1) is 0 Å². The van der Waals surface area contributed by atoms with Gasteiger partial charge in [0.2, 0.25) is 0 Å². The van der Waals surface area contributed by atoms with Gasteiger partial charge in [0, 0.05) is 12.8 Å². The molecule has 3 rings (SSSR count). The number of aliphatic imine (C=N–C) groups is 1. The van der Waals surface area contributed by atoms with Gasteiger partial charge in [-0.1, -0.05) is 0 Å². The molecule has 2 heterocycles. The highest BCUT2D eigenvalue weighted by Gasteiger charge is 2.20. The molecule has 1 aliphatic carbocycles. The Balaban J connectivity index is 0.00000144. The third kappa shape index (κ3) is 4.13. The van der Waals surface area contributed by atoms with Crippen molar-refractivity contribution in [3.63, 3.8) is 0 Å². The Kier molecular flexibility index (Phi) is 5.65. The van der Waals surface area contributed by atoms with E-state index in [2.05, 4.69) is 10.3 Å². The van der Waals surface area contributed by atoms with Crippen LogP contribution in [0.3, 0.4) is 0 Å². The molecule has 3 aliphatic rings. The standard InChI is InChI=1S/C12H19N3O.ClH/c13-12(16)11-5-6-14-7-9-1-3-10(4-2-9)8-15-11;/h5,8-10,14H,1-4,6-7H2,(H2,13,16);1H. The highest BCUT2D eigenvalue weighted by atomic mass is 35.5. The molecule has 0 unspecified atom stereocenters. The fourth-order valence-electron chi connectivity index (χ4n) is 2.40. The molecular weight excluding hydrogens is 238 g/mol. The van der Waals surface area contributed by atoms with Crippen molar-refractivity contribution in [2.45, 2.75) is 25.7 Å². The van der Waals surface area contributed by atoms with Crippen molar-refractivity contribution < 1.29 is 4.79 Å². The monoisotopic (exact) mass is 257 g/mol. The Morgan fingerprint density at radius 1 is 1.35 bits per heavy atom. The first-order valence-electron chi connectivity index (χ1n) is 6.00. The summed E-state index contributed by atoms with van der Waals surface area (Å²) in [5.41, 5.74) is 5.65. The Morgan fingerprint density at radius 3 is 2.71 bits per heavy atom. The van der Waals surface area contributed by atoms with Crippen LogP contribution >= 0.6 is 12.4 Å². The van der Waals surface area contributed by atoms with E-state index in [1.807, 2.05) is 6.21 Å². The van der Waals surface area contributed by atoms with Gasteiger partial charge in [0.25, 0.3) is 5.91 Å². The molecule has 1 fully saturated rings. The highest BCUT2D eigenvalue weighted by molar-refractivity contribution is 5.93. The molecule has 0 aromatic carbocycles. The topological polar surface area (TPSA) is 67.5 Å². The molecule has 1 saturated carbocycles. The van der Waals surface area contributed by atoms with Crippen LogP contribution in [-0.2, 0) is 4.79 Å². The quantitative estimate of drug-likeness (QED) is 0.743. The summed E-state index contributed by atoms with van der Waals surface area (Å²) in [6.07, 6.45) is 8.58. The molecule has 96 valence electrons. The molecule has 0 spiro atoms. The summed E-state index contributed by atoms with van der Waals surface area (Å²) in [5.74, 6) is 0.872. The van der Waals surface area contributed by atoms with Crippen LogP contribution in [0.1, 0.15) is 25.7 Å². The predicted molar refractivity (Wildman–Crippen MR) is 71.3 cm³/mol. The summed E-state index contributed by atoms with van der Waals surface area (Å²) in [6, 6.07) is 0. The average Bonchev–Trinajstić information content (AvgIpc) is 2.35. The van der Waals surface area contributed by atoms with Gasteiger partial charge in [0.1, 0.15) is 5.70 Å². The molecule has 0 aromatic heterocycles. The highest BCUT2D eigenvalue weighted by Crippen LogP contribution is 2.27. The maximum atomic E-state index is 11.1. The summed E-state index contributed by atoms with van der Waals surface area (Å²) < 4.78 is 0. The molecule has 0 atom stereocenters. The van der Waals surface area contributed by atoms with E-state index < -0.39 is 5.91 Å². The largest absolute Gasteiger partial charge is 0.364 e. The van der Waals surface area contributed by atoms with Gasteiger partial charge in [0.15, 0.2) is 0 Å². The molecule has 0 radical (unpaired) electrons. The number of fused-ring (bicyclic) bond motifs is 6. The van der Waals surface area contributed by atoms with Crippen molar-refractivity contribution in [3.8, 4) is 0 Å². The Hall–Kier alpha value is -0.870. The van der Waals surface area contributed by atoms with Crippen LogP contribution in [0.2, 0.25) is 0 Å². The van der Waals surface area contributed by atoms with Gasteiger partial charge in [-0.25, -0.2) is 0 Å². The second-order valence-corrected chi connectivity index (χ2v) is 4.67. The van der Waals surface area contributed by atoms with E-state index in [9.17, 15) is 4.79 Å².